The van der Waals surface area contributed by atoms with Gasteiger partial charge in [-0.25, -0.2) is 0 Å². The van der Waals surface area contributed by atoms with Crippen LogP contribution in [0.2, 0.25) is 0 Å². The summed E-state index contributed by atoms with van der Waals surface area (Å²) in [5.74, 6) is -1.00. The molecule has 0 saturated carbocycles. The molecule has 1 amide bonds. The Balaban J connectivity index is 2.59. The smallest absolute Gasteiger partial charge is 0.303 e. The minimum Gasteiger partial charge on any atom is -0.481 e. The van der Waals surface area contributed by atoms with E-state index in [0.29, 0.717) is 12.0 Å². The Hall–Kier alpha value is -1.84. The number of carboxylic acids is 1. The lowest BCUT2D eigenvalue weighted by Gasteiger charge is -2.13. The Labute approximate surface area is 107 Å². The summed E-state index contributed by atoms with van der Waals surface area (Å²) in [4.78, 5) is 22.3. The van der Waals surface area contributed by atoms with Crippen molar-refractivity contribution in [2.75, 3.05) is 0 Å². The number of nitrogens with one attached hydrogen (secondary N) is 1. The molecule has 0 aromatic heterocycles. The van der Waals surface area contributed by atoms with Gasteiger partial charge in [-0.05, 0) is 50.5 Å². The largest absolute Gasteiger partial charge is 0.481 e. The SMILES string of the molecule is Cc1ccc(C(=O)NC(C)CCC(=O)O)cc1C. The summed E-state index contributed by atoms with van der Waals surface area (Å²) in [6.45, 7) is 5.76. The lowest BCUT2D eigenvalue weighted by Crippen LogP contribution is -2.33. The molecule has 4 nitrogen and oxygen atoms in total. The van der Waals surface area contributed by atoms with Gasteiger partial charge in [0.1, 0.15) is 0 Å². The molecule has 0 spiro atoms. The van der Waals surface area contributed by atoms with Gasteiger partial charge in [0.05, 0.1) is 0 Å². The summed E-state index contributed by atoms with van der Waals surface area (Å²) in [6.07, 6.45) is 0.500. The summed E-state index contributed by atoms with van der Waals surface area (Å²) in [5, 5.41) is 11.4. The second kappa shape index (κ2) is 6.19. The van der Waals surface area contributed by atoms with E-state index in [4.69, 9.17) is 5.11 Å². The van der Waals surface area contributed by atoms with Crippen molar-refractivity contribution in [3.05, 3.63) is 34.9 Å². The summed E-state index contributed by atoms with van der Waals surface area (Å²) in [5.41, 5.74) is 2.83. The molecule has 4 heteroatoms. The van der Waals surface area contributed by atoms with Crippen LogP contribution < -0.4 is 5.32 Å². The Morgan fingerprint density at radius 1 is 1.28 bits per heavy atom. The van der Waals surface area contributed by atoms with Crippen LogP contribution in [0, 0.1) is 13.8 Å². The number of benzene rings is 1. The Bertz CT molecular complexity index is 454. The second-order valence-electron chi connectivity index (χ2n) is 4.61. The molecule has 0 radical (unpaired) electrons. The third-order valence-electron chi connectivity index (χ3n) is 2.94. The van der Waals surface area contributed by atoms with Crippen LogP contribution in [0.25, 0.3) is 0 Å². The molecular formula is C14H19NO3. The summed E-state index contributed by atoms with van der Waals surface area (Å²) >= 11 is 0. The van der Waals surface area contributed by atoms with Crippen LogP contribution >= 0.6 is 0 Å². The molecule has 0 aliphatic carbocycles. The molecule has 0 aliphatic heterocycles. The number of aliphatic carboxylic acids is 1. The first-order valence-electron chi connectivity index (χ1n) is 6.00. The third-order valence-corrected chi connectivity index (χ3v) is 2.94. The molecule has 1 atom stereocenters. The first-order chi connectivity index (χ1) is 8.40. The molecule has 98 valence electrons. The summed E-state index contributed by atoms with van der Waals surface area (Å²) < 4.78 is 0. The number of carboxylic acid groups (broad SMARTS) is 1. The van der Waals surface area contributed by atoms with Gasteiger partial charge in [0, 0.05) is 18.0 Å². The van der Waals surface area contributed by atoms with E-state index >= 15 is 0 Å². The Morgan fingerprint density at radius 3 is 2.50 bits per heavy atom. The van der Waals surface area contributed by atoms with Crippen LogP contribution in [0.15, 0.2) is 18.2 Å². The van der Waals surface area contributed by atoms with Crippen LogP contribution in [0.5, 0.6) is 0 Å². The number of hydrogen-bond acceptors (Lipinski definition) is 2. The van der Waals surface area contributed by atoms with Crippen molar-refractivity contribution in [2.45, 2.75) is 39.7 Å². The van der Waals surface area contributed by atoms with Crippen molar-refractivity contribution in [1.82, 2.24) is 5.32 Å². The van der Waals surface area contributed by atoms with E-state index in [1.165, 1.54) is 0 Å². The first-order valence-corrected chi connectivity index (χ1v) is 6.00. The topological polar surface area (TPSA) is 66.4 Å². The maximum absolute atomic E-state index is 11.9. The minimum atomic E-state index is -0.845. The Morgan fingerprint density at radius 2 is 1.94 bits per heavy atom. The van der Waals surface area contributed by atoms with E-state index in [0.717, 1.165) is 11.1 Å². The molecule has 1 unspecified atom stereocenters. The molecular weight excluding hydrogens is 230 g/mol. The van der Waals surface area contributed by atoms with Crippen molar-refractivity contribution in [1.29, 1.82) is 0 Å². The highest BCUT2D eigenvalue weighted by Crippen LogP contribution is 2.10. The van der Waals surface area contributed by atoms with Crippen LogP contribution in [-0.4, -0.2) is 23.0 Å². The zero-order valence-electron chi connectivity index (χ0n) is 11.0. The average molecular weight is 249 g/mol. The van der Waals surface area contributed by atoms with Gasteiger partial charge >= 0.3 is 5.97 Å². The molecule has 18 heavy (non-hydrogen) atoms. The predicted octanol–water partition coefficient (Wildman–Crippen LogP) is 2.29. The van der Waals surface area contributed by atoms with E-state index in [2.05, 4.69) is 5.32 Å². The maximum atomic E-state index is 11.9. The molecule has 1 rings (SSSR count). The van der Waals surface area contributed by atoms with E-state index in [-0.39, 0.29) is 18.4 Å². The molecule has 0 fully saturated rings. The number of aryl methyl sites for hydroxylation is 2. The molecule has 0 heterocycles. The molecule has 0 aliphatic rings. The van der Waals surface area contributed by atoms with Gasteiger partial charge in [0.25, 0.3) is 5.91 Å². The zero-order valence-corrected chi connectivity index (χ0v) is 11.0. The summed E-state index contributed by atoms with van der Waals surface area (Å²) in [6, 6.07) is 5.39. The average Bonchev–Trinajstić information content (AvgIpc) is 2.30. The van der Waals surface area contributed by atoms with Crippen molar-refractivity contribution in [3.63, 3.8) is 0 Å². The van der Waals surface area contributed by atoms with Crippen molar-refractivity contribution >= 4 is 11.9 Å². The Kier molecular flexibility index (Phi) is 4.89. The number of carbonyl (C=O) groups excluding carboxylic acids is 1. The monoisotopic (exact) mass is 249 g/mol. The van der Waals surface area contributed by atoms with Gasteiger partial charge in [0.2, 0.25) is 0 Å². The first kappa shape index (κ1) is 14.2. The van der Waals surface area contributed by atoms with Crippen LogP contribution in [0.1, 0.15) is 41.3 Å². The molecule has 1 aromatic carbocycles. The standard InChI is InChI=1S/C14H19NO3/c1-9-4-6-12(8-10(9)2)14(18)15-11(3)5-7-13(16)17/h4,6,8,11H,5,7H2,1-3H3,(H,15,18)(H,16,17). The molecule has 0 saturated heterocycles. The van der Waals surface area contributed by atoms with Gasteiger partial charge in [-0.2, -0.15) is 0 Å². The normalized spacial score (nSPS) is 11.9. The van der Waals surface area contributed by atoms with Crippen molar-refractivity contribution < 1.29 is 14.7 Å². The molecule has 2 N–H and O–H groups in total. The number of rotatable bonds is 5. The highest BCUT2D eigenvalue weighted by atomic mass is 16.4. The van der Waals surface area contributed by atoms with Gasteiger partial charge in [-0.3, -0.25) is 9.59 Å². The van der Waals surface area contributed by atoms with Crippen LogP contribution in [-0.2, 0) is 4.79 Å². The van der Waals surface area contributed by atoms with E-state index in [1.807, 2.05) is 32.9 Å². The molecule has 0 bridgehead atoms. The highest BCUT2D eigenvalue weighted by molar-refractivity contribution is 5.94. The fourth-order valence-corrected chi connectivity index (χ4v) is 1.60. The predicted molar refractivity (Wildman–Crippen MR) is 69.7 cm³/mol. The van der Waals surface area contributed by atoms with Gasteiger partial charge in [-0.15, -0.1) is 0 Å². The lowest BCUT2D eigenvalue weighted by molar-refractivity contribution is -0.137. The number of hydrogen-bond donors (Lipinski definition) is 2. The van der Waals surface area contributed by atoms with Crippen LogP contribution in [0.4, 0.5) is 0 Å². The highest BCUT2D eigenvalue weighted by Gasteiger charge is 2.11. The fraction of sp³-hybridized carbons (Fsp3) is 0.429. The summed E-state index contributed by atoms with van der Waals surface area (Å²) in [7, 11) is 0. The van der Waals surface area contributed by atoms with E-state index in [1.54, 1.807) is 6.07 Å². The molecule has 1 aromatic rings. The van der Waals surface area contributed by atoms with E-state index in [9.17, 15) is 9.59 Å². The van der Waals surface area contributed by atoms with Gasteiger partial charge in [0.15, 0.2) is 0 Å². The fourth-order valence-electron chi connectivity index (χ4n) is 1.60. The van der Waals surface area contributed by atoms with Crippen molar-refractivity contribution in [2.24, 2.45) is 0 Å². The minimum absolute atomic E-state index is 0.0639. The quantitative estimate of drug-likeness (QED) is 0.841. The second-order valence-corrected chi connectivity index (χ2v) is 4.61. The third kappa shape index (κ3) is 4.20. The van der Waals surface area contributed by atoms with Gasteiger partial charge < -0.3 is 10.4 Å². The number of amides is 1. The lowest BCUT2D eigenvalue weighted by atomic mass is 10.1. The van der Waals surface area contributed by atoms with Crippen molar-refractivity contribution in [3.8, 4) is 0 Å². The van der Waals surface area contributed by atoms with E-state index < -0.39 is 5.97 Å². The zero-order chi connectivity index (χ0) is 13.7. The van der Waals surface area contributed by atoms with Crippen LogP contribution in [0.3, 0.4) is 0 Å². The van der Waals surface area contributed by atoms with Gasteiger partial charge in [-0.1, -0.05) is 6.07 Å². The maximum Gasteiger partial charge on any atom is 0.303 e. The number of carbonyl (C=O) groups is 2.